The van der Waals surface area contributed by atoms with Crippen molar-refractivity contribution in [2.75, 3.05) is 11.9 Å². The number of carbonyl (C=O) groups is 1. The standard InChI is InChI=1S/C15H12F3NO2/c16-10-5-6-13(12(18)9-10)19-15(20)7-8-21-14-4-2-1-3-11(14)17/h1-6,9H,7-8H2,(H,19,20). The van der Waals surface area contributed by atoms with Gasteiger partial charge >= 0.3 is 0 Å². The van der Waals surface area contributed by atoms with Crippen LogP contribution in [0.2, 0.25) is 0 Å². The fraction of sp³-hybridized carbons (Fsp3) is 0.133. The van der Waals surface area contributed by atoms with Gasteiger partial charge in [-0.1, -0.05) is 12.1 Å². The fourth-order valence-electron chi connectivity index (χ4n) is 1.62. The normalized spacial score (nSPS) is 10.2. The van der Waals surface area contributed by atoms with Gasteiger partial charge in [-0.2, -0.15) is 0 Å². The van der Waals surface area contributed by atoms with Crippen molar-refractivity contribution in [1.82, 2.24) is 0 Å². The third-order valence-corrected chi connectivity index (χ3v) is 2.63. The van der Waals surface area contributed by atoms with E-state index in [1.807, 2.05) is 0 Å². The van der Waals surface area contributed by atoms with Crippen LogP contribution in [0.1, 0.15) is 6.42 Å². The minimum atomic E-state index is -0.863. The maximum Gasteiger partial charge on any atom is 0.227 e. The molecule has 0 atom stereocenters. The number of carbonyl (C=O) groups excluding carboxylic acids is 1. The largest absolute Gasteiger partial charge is 0.490 e. The number of para-hydroxylation sites is 1. The topological polar surface area (TPSA) is 38.3 Å². The molecule has 0 aliphatic rings. The predicted molar refractivity (Wildman–Crippen MR) is 71.5 cm³/mol. The molecule has 0 spiro atoms. The van der Waals surface area contributed by atoms with Crippen LogP contribution in [0.15, 0.2) is 42.5 Å². The van der Waals surface area contributed by atoms with E-state index in [-0.39, 0.29) is 24.5 Å². The molecular formula is C15H12F3NO2. The Morgan fingerprint density at radius 1 is 1.05 bits per heavy atom. The van der Waals surface area contributed by atoms with Gasteiger partial charge in [0.2, 0.25) is 5.91 Å². The second-order valence-corrected chi connectivity index (χ2v) is 4.20. The first-order valence-corrected chi connectivity index (χ1v) is 6.18. The maximum atomic E-state index is 13.3. The van der Waals surface area contributed by atoms with E-state index in [9.17, 15) is 18.0 Å². The average Bonchev–Trinajstić information content (AvgIpc) is 2.44. The number of anilines is 1. The highest BCUT2D eigenvalue weighted by Gasteiger charge is 2.09. The van der Waals surface area contributed by atoms with Crippen LogP contribution in [0.5, 0.6) is 5.75 Å². The van der Waals surface area contributed by atoms with Crippen molar-refractivity contribution in [1.29, 1.82) is 0 Å². The van der Waals surface area contributed by atoms with Crippen LogP contribution >= 0.6 is 0 Å². The quantitative estimate of drug-likeness (QED) is 0.916. The van der Waals surface area contributed by atoms with Gasteiger partial charge in [0.05, 0.1) is 18.7 Å². The van der Waals surface area contributed by atoms with Crippen LogP contribution in [0, 0.1) is 17.5 Å². The van der Waals surface area contributed by atoms with Crippen molar-refractivity contribution < 1.29 is 22.7 Å². The number of hydrogen-bond donors (Lipinski definition) is 1. The number of benzene rings is 2. The smallest absolute Gasteiger partial charge is 0.227 e. The number of nitrogens with one attached hydrogen (secondary N) is 1. The van der Waals surface area contributed by atoms with Crippen molar-refractivity contribution in [2.45, 2.75) is 6.42 Å². The fourth-order valence-corrected chi connectivity index (χ4v) is 1.62. The van der Waals surface area contributed by atoms with Crippen LogP contribution < -0.4 is 10.1 Å². The van der Waals surface area contributed by atoms with Gasteiger partial charge in [-0.05, 0) is 24.3 Å². The van der Waals surface area contributed by atoms with E-state index in [2.05, 4.69) is 5.32 Å². The van der Waals surface area contributed by atoms with Crippen LogP contribution in [0.4, 0.5) is 18.9 Å². The third kappa shape index (κ3) is 4.24. The minimum absolute atomic E-state index is 0.0401. The molecule has 2 rings (SSSR count). The predicted octanol–water partition coefficient (Wildman–Crippen LogP) is 3.51. The molecule has 0 saturated carbocycles. The Kier molecular flexibility index (Phi) is 4.81. The molecule has 110 valence electrons. The lowest BCUT2D eigenvalue weighted by Crippen LogP contribution is -2.16. The summed E-state index contributed by atoms with van der Waals surface area (Å²) in [5.41, 5.74) is -0.118. The molecule has 0 fully saturated rings. The summed E-state index contributed by atoms with van der Waals surface area (Å²) < 4.78 is 44.4. The molecule has 0 bridgehead atoms. The van der Waals surface area contributed by atoms with Crippen molar-refractivity contribution in [3.63, 3.8) is 0 Å². The molecular weight excluding hydrogens is 283 g/mol. The Balaban J connectivity index is 1.84. The van der Waals surface area contributed by atoms with E-state index in [1.54, 1.807) is 6.07 Å². The van der Waals surface area contributed by atoms with Crippen LogP contribution in [-0.2, 0) is 4.79 Å². The summed E-state index contributed by atoms with van der Waals surface area (Å²) in [7, 11) is 0. The Morgan fingerprint density at radius 3 is 2.52 bits per heavy atom. The third-order valence-electron chi connectivity index (χ3n) is 2.63. The Bertz CT molecular complexity index is 647. The molecule has 0 saturated heterocycles. The maximum absolute atomic E-state index is 13.3. The van der Waals surface area contributed by atoms with Gasteiger partial charge in [-0.3, -0.25) is 4.79 Å². The molecule has 0 heterocycles. The first-order chi connectivity index (χ1) is 10.1. The van der Waals surface area contributed by atoms with Crippen molar-refractivity contribution in [3.8, 4) is 5.75 Å². The molecule has 1 N–H and O–H groups in total. The Hall–Kier alpha value is -2.50. The van der Waals surface area contributed by atoms with E-state index >= 15 is 0 Å². The summed E-state index contributed by atoms with van der Waals surface area (Å²) in [5, 5.41) is 2.28. The van der Waals surface area contributed by atoms with Gasteiger partial charge in [0.15, 0.2) is 11.6 Å². The molecule has 0 aromatic heterocycles. The second kappa shape index (κ2) is 6.78. The molecule has 0 aliphatic carbocycles. The number of rotatable bonds is 5. The van der Waals surface area contributed by atoms with E-state index in [0.717, 1.165) is 12.1 Å². The summed E-state index contributed by atoms with van der Waals surface area (Å²) in [6.07, 6.45) is -0.0921. The monoisotopic (exact) mass is 295 g/mol. The van der Waals surface area contributed by atoms with Gasteiger partial charge in [0, 0.05) is 6.07 Å². The SMILES string of the molecule is O=C(CCOc1ccccc1F)Nc1ccc(F)cc1F. The number of halogens is 3. The summed E-state index contributed by atoms with van der Waals surface area (Å²) in [6, 6.07) is 8.63. The highest BCUT2D eigenvalue weighted by molar-refractivity contribution is 5.90. The molecule has 2 aromatic carbocycles. The lowest BCUT2D eigenvalue weighted by atomic mass is 10.3. The molecule has 0 unspecified atom stereocenters. The van der Waals surface area contributed by atoms with Gasteiger partial charge < -0.3 is 10.1 Å². The molecule has 2 aromatic rings. The summed E-state index contributed by atoms with van der Waals surface area (Å²) in [4.78, 5) is 11.6. The molecule has 3 nitrogen and oxygen atoms in total. The van der Waals surface area contributed by atoms with Crippen molar-refractivity contribution in [3.05, 3.63) is 59.9 Å². The molecule has 0 aliphatic heterocycles. The van der Waals surface area contributed by atoms with E-state index in [0.29, 0.717) is 6.07 Å². The van der Waals surface area contributed by atoms with Crippen LogP contribution in [0.25, 0.3) is 0 Å². The van der Waals surface area contributed by atoms with Gasteiger partial charge in [-0.25, -0.2) is 13.2 Å². The van der Waals surface area contributed by atoms with Crippen LogP contribution in [0.3, 0.4) is 0 Å². The van der Waals surface area contributed by atoms with Crippen LogP contribution in [-0.4, -0.2) is 12.5 Å². The summed E-state index contributed by atoms with van der Waals surface area (Å²) >= 11 is 0. The Labute approximate surface area is 119 Å². The highest BCUT2D eigenvalue weighted by Crippen LogP contribution is 2.17. The number of ether oxygens (including phenoxy) is 1. The van der Waals surface area contributed by atoms with Gasteiger partial charge in [0.25, 0.3) is 0 Å². The zero-order chi connectivity index (χ0) is 15.2. The van der Waals surface area contributed by atoms with Crippen molar-refractivity contribution >= 4 is 11.6 Å². The van der Waals surface area contributed by atoms with Crippen molar-refractivity contribution in [2.24, 2.45) is 0 Å². The molecule has 1 amide bonds. The molecule has 21 heavy (non-hydrogen) atoms. The van der Waals surface area contributed by atoms with E-state index in [4.69, 9.17) is 4.74 Å². The lowest BCUT2D eigenvalue weighted by Gasteiger charge is -2.08. The molecule has 0 radical (unpaired) electrons. The zero-order valence-electron chi connectivity index (χ0n) is 10.9. The van der Waals surface area contributed by atoms with E-state index < -0.39 is 23.4 Å². The average molecular weight is 295 g/mol. The minimum Gasteiger partial charge on any atom is -0.490 e. The second-order valence-electron chi connectivity index (χ2n) is 4.20. The van der Waals surface area contributed by atoms with Gasteiger partial charge in [0.1, 0.15) is 11.6 Å². The number of amides is 1. The highest BCUT2D eigenvalue weighted by atomic mass is 19.1. The first-order valence-electron chi connectivity index (χ1n) is 6.18. The summed E-state index contributed by atoms with van der Waals surface area (Å²) in [6.45, 7) is -0.0599. The summed E-state index contributed by atoms with van der Waals surface area (Å²) in [5.74, 6) is -2.59. The van der Waals surface area contributed by atoms with E-state index in [1.165, 1.54) is 18.2 Å². The zero-order valence-corrected chi connectivity index (χ0v) is 10.9. The first kappa shape index (κ1) is 14.9. The number of hydrogen-bond acceptors (Lipinski definition) is 2. The Morgan fingerprint density at radius 2 is 1.81 bits per heavy atom. The molecule has 6 heteroatoms. The van der Waals surface area contributed by atoms with Gasteiger partial charge in [-0.15, -0.1) is 0 Å². The lowest BCUT2D eigenvalue weighted by molar-refractivity contribution is -0.116.